The molecule has 0 aliphatic heterocycles. The van der Waals surface area contributed by atoms with Crippen molar-refractivity contribution in [2.75, 3.05) is 11.8 Å². The number of sulfonamides is 1. The molecule has 0 aliphatic rings. The van der Waals surface area contributed by atoms with Crippen LogP contribution in [-0.4, -0.2) is 31.6 Å². The maximum Gasteiger partial charge on any atom is 0.337 e. The summed E-state index contributed by atoms with van der Waals surface area (Å²) in [5.41, 5.74) is -0.0525. The molecular weight excluding hydrogens is 332 g/mol. The molecule has 0 amide bonds. The van der Waals surface area contributed by atoms with Gasteiger partial charge in [0.05, 0.1) is 12.7 Å². The Hall–Kier alpha value is -2.32. The Bertz CT molecular complexity index is 806. The SMILES string of the molecule is COc1ccc(Cl)cc1S(=O)(=O)Nc1ccc(C(=O)O)cn1. The van der Waals surface area contributed by atoms with Crippen LogP contribution in [0.25, 0.3) is 0 Å². The van der Waals surface area contributed by atoms with E-state index in [9.17, 15) is 13.2 Å². The van der Waals surface area contributed by atoms with Crippen LogP contribution in [0.3, 0.4) is 0 Å². The fourth-order valence-electron chi connectivity index (χ4n) is 1.63. The van der Waals surface area contributed by atoms with Gasteiger partial charge < -0.3 is 9.84 Å². The first-order valence-corrected chi connectivity index (χ1v) is 7.75. The number of ether oxygens (including phenoxy) is 1. The van der Waals surface area contributed by atoms with E-state index < -0.39 is 16.0 Å². The zero-order valence-corrected chi connectivity index (χ0v) is 12.9. The number of methoxy groups -OCH3 is 1. The normalized spacial score (nSPS) is 11.0. The molecule has 22 heavy (non-hydrogen) atoms. The molecule has 0 aliphatic carbocycles. The van der Waals surface area contributed by atoms with Crippen molar-refractivity contribution in [1.82, 2.24) is 4.98 Å². The summed E-state index contributed by atoms with van der Waals surface area (Å²) in [6.07, 6.45) is 1.05. The van der Waals surface area contributed by atoms with Crippen LogP contribution in [0.4, 0.5) is 5.82 Å². The number of nitrogens with zero attached hydrogens (tertiary/aromatic N) is 1. The van der Waals surface area contributed by atoms with Gasteiger partial charge in [0.25, 0.3) is 10.0 Å². The lowest BCUT2D eigenvalue weighted by molar-refractivity contribution is 0.0696. The number of anilines is 1. The second-order valence-electron chi connectivity index (χ2n) is 4.14. The third kappa shape index (κ3) is 3.46. The van der Waals surface area contributed by atoms with E-state index in [0.717, 1.165) is 6.20 Å². The lowest BCUT2D eigenvalue weighted by Gasteiger charge is -2.11. The van der Waals surface area contributed by atoms with Gasteiger partial charge >= 0.3 is 5.97 Å². The summed E-state index contributed by atoms with van der Waals surface area (Å²) in [5, 5.41) is 9.01. The summed E-state index contributed by atoms with van der Waals surface area (Å²) < 4.78 is 31.9. The number of benzene rings is 1. The van der Waals surface area contributed by atoms with Crippen LogP contribution < -0.4 is 9.46 Å². The van der Waals surface area contributed by atoms with Gasteiger partial charge in [0.2, 0.25) is 0 Å². The zero-order valence-electron chi connectivity index (χ0n) is 11.3. The van der Waals surface area contributed by atoms with Gasteiger partial charge in [-0.2, -0.15) is 0 Å². The Morgan fingerprint density at radius 2 is 2.05 bits per heavy atom. The van der Waals surface area contributed by atoms with E-state index in [1.54, 1.807) is 0 Å². The average Bonchev–Trinajstić information content (AvgIpc) is 2.47. The molecule has 9 heteroatoms. The zero-order chi connectivity index (χ0) is 16.3. The highest BCUT2D eigenvalue weighted by Crippen LogP contribution is 2.28. The topological polar surface area (TPSA) is 106 Å². The second kappa shape index (κ2) is 6.20. The van der Waals surface area contributed by atoms with E-state index in [2.05, 4.69) is 9.71 Å². The first-order chi connectivity index (χ1) is 10.3. The van der Waals surface area contributed by atoms with E-state index in [1.807, 2.05) is 0 Å². The highest BCUT2D eigenvalue weighted by molar-refractivity contribution is 7.92. The molecule has 0 bridgehead atoms. The van der Waals surface area contributed by atoms with Crippen LogP contribution >= 0.6 is 11.6 Å². The largest absolute Gasteiger partial charge is 0.495 e. The minimum absolute atomic E-state index is 0.0213. The number of hydrogen-bond acceptors (Lipinski definition) is 5. The molecule has 0 spiro atoms. The highest BCUT2D eigenvalue weighted by Gasteiger charge is 2.20. The number of pyridine rings is 1. The Labute approximate surface area is 131 Å². The van der Waals surface area contributed by atoms with Crippen molar-refractivity contribution >= 4 is 33.4 Å². The number of aromatic nitrogens is 1. The standard InChI is InChI=1S/C13H11ClN2O5S/c1-21-10-4-3-9(14)6-11(10)22(19,20)16-12-5-2-8(7-15-12)13(17)18/h2-7H,1H3,(H,15,16)(H,17,18). The monoisotopic (exact) mass is 342 g/mol. The molecule has 1 aromatic carbocycles. The minimum Gasteiger partial charge on any atom is -0.495 e. The van der Waals surface area contributed by atoms with Gasteiger partial charge in [-0.15, -0.1) is 0 Å². The number of carboxylic acids is 1. The molecule has 2 N–H and O–H groups in total. The Balaban J connectivity index is 2.35. The predicted molar refractivity (Wildman–Crippen MR) is 80.0 cm³/mol. The van der Waals surface area contributed by atoms with Gasteiger partial charge in [0.15, 0.2) is 0 Å². The van der Waals surface area contributed by atoms with Crippen LogP contribution in [0.1, 0.15) is 10.4 Å². The average molecular weight is 343 g/mol. The molecule has 7 nitrogen and oxygen atoms in total. The van der Waals surface area contributed by atoms with Crippen LogP contribution in [0.2, 0.25) is 5.02 Å². The van der Waals surface area contributed by atoms with E-state index in [4.69, 9.17) is 21.4 Å². The Kier molecular flexibility index (Phi) is 4.53. The predicted octanol–water partition coefficient (Wildman–Crippen LogP) is 2.24. The second-order valence-corrected chi connectivity index (χ2v) is 6.23. The number of nitrogens with one attached hydrogen (secondary N) is 1. The molecule has 116 valence electrons. The molecule has 2 rings (SSSR count). The summed E-state index contributed by atoms with van der Waals surface area (Å²) in [6.45, 7) is 0. The van der Waals surface area contributed by atoms with Gasteiger partial charge in [0.1, 0.15) is 16.5 Å². The number of halogens is 1. The summed E-state index contributed by atoms with van der Waals surface area (Å²) in [7, 11) is -2.65. The maximum absolute atomic E-state index is 12.3. The molecule has 0 fully saturated rings. The molecule has 0 saturated heterocycles. The fraction of sp³-hybridized carbons (Fsp3) is 0.0769. The molecule has 0 radical (unpaired) electrons. The van der Waals surface area contributed by atoms with Crippen molar-refractivity contribution < 1.29 is 23.1 Å². The summed E-state index contributed by atoms with van der Waals surface area (Å²) in [5.74, 6) is -1.05. The third-order valence-electron chi connectivity index (χ3n) is 2.66. The first-order valence-electron chi connectivity index (χ1n) is 5.89. The van der Waals surface area contributed by atoms with Gasteiger partial charge in [-0.1, -0.05) is 11.6 Å². The van der Waals surface area contributed by atoms with Gasteiger partial charge in [-0.3, -0.25) is 4.72 Å². The van der Waals surface area contributed by atoms with E-state index in [-0.39, 0.29) is 27.0 Å². The highest BCUT2D eigenvalue weighted by atomic mass is 35.5. The molecule has 1 aromatic heterocycles. The molecule has 2 aromatic rings. The quantitative estimate of drug-likeness (QED) is 0.863. The number of carboxylic acid groups (broad SMARTS) is 1. The van der Waals surface area contributed by atoms with Crippen molar-refractivity contribution in [3.8, 4) is 5.75 Å². The first kappa shape index (κ1) is 16.1. The maximum atomic E-state index is 12.3. The molecule has 1 heterocycles. The number of rotatable bonds is 5. The van der Waals surface area contributed by atoms with E-state index in [0.29, 0.717) is 0 Å². The Morgan fingerprint density at radius 1 is 1.32 bits per heavy atom. The van der Waals surface area contributed by atoms with Crippen molar-refractivity contribution in [1.29, 1.82) is 0 Å². The fourth-order valence-corrected chi connectivity index (χ4v) is 3.08. The summed E-state index contributed by atoms with van der Waals surface area (Å²) in [4.78, 5) is 14.3. The summed E-state index contributed by atoms with van der Waals surface area (Å²) >= 11 is 5.81. The molecule has 0 atom stereocenters. The van der Waals surface area contributed by atoms with Crippen molar-refractivity contribution in [3.63, 3.8) is 0 Å². The van der Waals surface area contributed by atoms with Crippen molar-refractivity contribution in [2.45, 2.75) is 4.90 Å². The number of aromatic carboxylic acids is 1. The summed E-state index contributed by atoms with van der Waals surface area (Å²) in [6, 6.07) is 6.66. The minimum atomic E-state index is -3.98. The van der Waals surface area contributed by atoms with Crippen LogP contribution in [0.5, 0.6) is 5.75 Å². The lowest BCUT2D eigenvalue weighted by Crippen LogP contribution is -2.15. The third-order valence-corrected chi connectivity index (χ3v) is 4.28. The Morgan fingerprint density at radius 3 is 2.59 bits per heavy atom. The number of carbonyl (C=O) groups is 1. The lowest BCUT2D eigenvalue weighted by atomic mass is 10.3. The van der Waals surface area contributed by atoms with E-state index in [1.165, 1.54) is 37.4 Å². The van der Waals surface area contributed by atoms with Crippen molar-refractivity contribution in [2.24, 2.45) is 0 Å². The van der Waals surface area contributed by atoms with Gasteiger partial charge in [0, 0.05) is 11.2 Å². The van der Waals surface area contributed by atoms with Crippen LogP contribution in [-0.2, 0) is 10.0 Å². The van der Waals surface area contributed by atoms with Crippen LogP contribution in [0.15, 0.2) is 41.4 Å². The molecular formula is C13H11ClN2O5S. The molecule has 0 saturated carbocycles. The van der Waals surface area contributed by atoms with Gasteiger partial charge in [-0.05, 0) is 30.3 Å². The van der Waals surface area contributed by atoms with E-state index >= 15 is 0 Å². The molecule has 0 unspecified atom stereocenters. The van der Waals surface area contributed by atoms with Crippen LogP contribution in [0, 0.1) is 0 Å². The smallest absolute Gasteiger partial charge is 0.337 e. The van der Waals surface area contributed by atoms with Gasteiger partial charge in [-0.25, -0.2) is 18.2 Å². The van der Waals surface area contributed by atoms with Crippen molar-refractivity contribution in [3.05, 3.63) is 47.1 Å². The number of hydrogen-bond donors (Lipinski definition) is 2.